The van der Waals surface area contributed by atoms with E-state index in [1.54, 1.807) is 6.33 Å². The molecular formula is C16H28N4. The van der Waals surface area contributed by atoms with Crippen LogP contribution < -0.4 is 0 Å². The highest BCUT2D eigenvalue weighted by Crippen LogP contribution is 2.39. The van der Waals surface area contributed by atoms with Crippen molar-refractivity contribution in [3.63, 3.8) is 0 Å². The maximum atomic E-state index is 4.15. The molecule has 4 heteroatoms. The van der Waals surface area contributed by atoms with E-state index in [9.17, 15) is 0 Å². The summed E-state index contributed by atoms with van der Waals surface area (Å²) in [6.07, 6.45) is 14.6. The average Bonchev–Trinajstić information content (AvgIpc) is 3.06. The first-order valence-electron chi connectivity index (χ1n) is 8.43. The standard InChI is InChI=1S/C16H28N4/c1-14-11-15-7-3-4-8-16(15)20(14)10-6-2-5-9-19-13-17-12-18-19/h12-16H,2-11H2,1H3/t14-,15+,16+/m1/s1. The molecule has 3 rings (SSSR count). The normalized spacial score (nSPS) is 30.6. The molecule has 3 atom stereocenters. The molecule has 112 valence electrons. The summed E-state index contributed by atoms with van der Waals surface area (Å²) in [5, 5.41) is 4.15. The molecule has 2 aliphatic rings. The highest BCUT2D eigenvalue weighted by molar-refractivity contribution is 4.93. The summed E-state index contributed by atoms with van der Waals surface area (Å²) in [7, 11) is 0. The van der Waals surface area contributed by atoms with Crippen LogP contribution in [-0.2, 0) is 6.54 Å². The quantitative estimate of drug-likeness (QED) is 0.749. The van der Waals surface area contributed by atoms with Gasteiger partial charge in [0.05, 0.1) is 0 Å². The lowest BCUT2D eigenvalue weighted by Gasteiger charge is -2.33. The lowest BCUT2D eigenvalue weighted by atomic mass is 9.85. The largest absolute Gasteiger partial charge is 0.297 e. The Hall–Kier alpha value is -0.900. The minimum Gasteiger partial charge on any atom is -0.297 e. The first kappa shape index (κ1) is 14.1. The number of unbranched alkanes of at least 4 members (excludes halogenated alkanes) is 2. The topological polar surface area (TPSA) is 34.0 Å². The van der Waals surface area contributed by atoms with Gasteiger partial charge in [0.2, 0.25) is 0 Å². The predicted octanol–water partition coefficient (Wildman–Crippen LogP) is 3.10. The van der Waals surface area contributed by atoms with E-state index in [1.807, 2.05) is 11.0 Å². The smallest absolute Gasteiger partial charge is 0.137 e. The van der Waals surface area contributed by atoms with Crippen LogP contribution in [-0.4, -0.2) is 38.3 Å². The Bertz CT molecular complexity index is 389. The molecule has 0 aromatic carbocycles. The maximum Gasteiger partial charge on any atom is 0.137 e. The van der Waals surface area contributed by atoms with Gasteiger partial charge in [0, 0.05) is 18.6 Å². The van der Waals surface area contributed by atoms with Crippen molar-refractivity contribution in [2.45, 2.75) is 76.9 Å². The third-order valence-electron chi connectivity index (χ3n) is 5.28. The Morgan fingerprint density at radius 3 is 2.80 bits per heavy atom. The van der Waals surface area contributed by atoms with Gasteiger partial charge in [-0.2, -0.15) is 5.10 Å². The van der Waals surface area contributed by atoms with E-state index in [0.29, 0.717) is 0 Å². The molecular weight excluding hydrogens is 248 g/mol. The first-order valence-corrected chi connectivity index (χ1v) is 8.43. The zero-order valence-corrected chi connectivity index (χ0v) is 12.7. The molecule has 2 heterocycles. The molecule has 20 heavy (non-hydrogen) atoms. The summed E-state index contributed by atoms with van der Waals surface area (Å²) in [6.45, 7) is 4.76. The van der Waals surface area contributed by atoms with Crippen molar-refractivity contribution in [3.05, 3.63) is 12.7 Å². The summed E-state index contributed by atoms with van der Waals surface area (Å²) < 4.78 is 1.94. The average molecular weight is 276 g/mol. The number of aryl methyl sites for hydroxylation is 1. The molecule has 4 nitrogen and oxygen atoms in total. The summed E-state index contributed by atoms with van der Waals surface area (Å²) in [4.78, 5) is 6.80. The van der Waals surface area contributed by atoms with Gasteiger partial charge in [-0.25, -0.2) is 4.98 Å². The fraction of sp³-hybridized carbons (Fsp3) is 0.875. The lowest BCUT2D eigenvalue weighted by Crippen LogP contribution is -2.38. The second-order valence-corrected chi connectivity index (χ2v) is 6.65. The molecule has 0 spiro atoms. The minimum absolute atomic E-state index is 0.818. The summed E-state index contributed by atoms with van der Waals surface area (Å²) >= 11 is 0. The number of fused-ring (bicyclic) bond motifs is 1. The molecule has 1 aliphatic heterocycles. The number of aromatic nitrogens is 3. The van der Waals surface area contributed by atoms with E-state index in [4.69, 9.17) is 0 Å². The SMILES string of the molecule is C[C@@H]1C[C@@H]2CCCC[C@@H]2N1CCCCCn1cncn1. The first-order chi connectivity index (χ1) is 9.84. The number of nitrogens with zero attached hydrogens (tertiary/aromatic N) is 4. The lowest BCUT2D eigenvalue weighted by molar-refractivity contribution is 0.153. The molecule has 2 fully saturated rings. The summed E-state index contributed by atoms with van der Waals surface area (Å²) in [5.74, 6) is 1.01. The molecule has 1 aromatic heterocycles. The van der Waals surface area contributed by atoms with Crippen LogP contribution in [0.25, 0.3) is 0 Å². The number of rotatable bonds is 6. The molecule has 1 aliphatic carbocycles. The van der Waals surface area contributed by atoms with Gasteiger partial charge in [0.25, 0.3) is 0 Å². The van der Waals surface area contributed by atoms with E-state index in [2.05, 4.69) is 21.9 Å². The van der Waals surface area contributed by atoms with Crippen molar-refractivity contribution < 1.29 is 0 Å². The van der Waals surface area contributed by atoms with Crippen LogP contribution in [0.4, 0.5) is 0 Å². The van der Waals surface area contributed by atoms with E-state index < -0.39 is 0 Å². The molecule has 0 N–H and O–H groups in total. The Labute approximate surface area is 122 Å². The van der Waals surface area contributed by atoms with Crippen LogP contribution in [0, 0.1) is 5.92 Å². The van der Waals surface area contributed by atoms with Crippen molar-refractivity contribution in [3.8, 4) is 0 Å². The third kappa shape index (κ3) is 3.22. The van der Waals surface area contributed by atoms with Gasteiger partial charge in [0.15, 0.2) is 0 Å². The third-order valence-corrected chi connectivity index (χ3v) is 5.28. The highest BCUT2D eigenvalue weighted by Gasteiger charge is 2.39. The summed E-state index contributed by atoms with van der Waals surface area (Å²) in [5.41, 5.74) is 0. The molecule has 0 bridgehead atoms. The Balaban J connectivity index is 1.37. The van der Waals surface area contributed by atoms with Crippen molar-refractivity contribution in [1.82, 2.24) is 19.7 Å². The van der Waals surface area contributed by atoms with Crippen molar-refractivity contribution in [2.24, 2.45) is 5.92 Å². The minimum atomic E-state index is 0.818. The zero-order valence-electron chi connectivity index (χ0n) is 12.7. The predicted molar refractivity (Wildman–Crippen MR) is 80.4 cm³/mol. The molecule has 0 amide bonds. The van der Waals surface area contributed by atoms with Crippen LogP contribution in [0.15, 0.2) is 12.7 Å². The van der Waals surface area contributed by atoms with Crippen LogP contribution >= 0.6 is 0 Å². The van der Waals surface area contributed by atoms with Gasteiger partial charge in [-0.05, 0) is 51.5 Å². The van der Waals surface area contributed by atoms with Gasteiger partial charge in [0.1, 0.15) is 12.7 Å². The molecule has 1 aromatic rings. The number of hydrogen-bond donors (Lipinski definition) is 0. The van der Waals surface area contributed by atoms with Crippen LogP contribution in [0.3, 0.4) is 0 Å². The van der Waals surface area contributed by atoms with E-state index >= 15 is 0 Å². The van der Waals surface area contributed by atoms with Gasteiger partial charge in [-0.1, -0.05) is 19.3 Å². The number of likely N-dealkylation sites (tertiary alicyclic amines) is 1. The molecule has 0 unspecified atom stereocenters. The zero-order chi connectivity index (χ0) is 13.8. The molecule has 0 radical (unpaired) electrons. The Morgan fingerprint density at radius 1 is 1.10 bits per heavy atom. The van der Waals surface area contributed by atoms with E-state index in [1.165, 1.54) is 57.9 Å². The van der Waals surface area contributed by atoms with Gasteiger partial charge in [-0.3, -0.25) is 9.58 Å². The van der Waals surface area contributed by atoms with E-state index in [0.717, 1.165) is 24.5 Å². The Kier molecular flexibility index (Phi) is 4.71. The van der Waals surface area contributed by atoms with Gasteiger partial charge >= 0.3 is 0 Å². The van der Waals surface area contributed by atoms with Crippen LogP contribution in [0.1, 0.15) is 58.3 Å². The molecule has 1 saturated heterocycles. The van der Waals surface area contributed by atoms with Crippen LogP contribution in [0.5, 0.6) is 0 Å². The highest BCUT2D eigenvalue weighted by atomic mass is 15.3. The molecule has 1 saturated carbocycles. The van der Waals surface area contributed by atoms with E-state index in [-0.39, 0.29) is 0 Å². The second kappa shape index (κ2) is 6.70. The summed E-state index contributed by atoms with van der Waals surface area (Å²) in [6, 6.07) is 1.73. The maximum absolute atomic E-state index is 4.15. The fourth-order valence-electron chi connectivity index (χ4n) is 4.28. The second-order valence-electron chi connectivity index (χ2n) is 6.65. The van der Waals surface area contributed by atoms with Crippen LogP contribution in [0.2, 0.25) is 0 Å². The monoisotopic (exact) mass is 276 g/mol. The van der Waals surface area contributed by atoms with Crippen molar-refractivity contribution >= 4 is 0 Å². The Morgan fingerprint density at radius 2 is 1.95 bits per heavy atom. The fourth-order valence-corrected chi connectivity index (χ4v) is 4.28. The van der Waals surface area contributed by atoms with Crippen molar-refractivity contribution in [2.75, 3.05) is 6.54 Å². The van der Waals surface area contributed by atoms with Gasteiger partial charge in [-0.15, -0.1) is 0 Å². The van der Waals surface area contributed by atoms with Gasteiger partial charge < -0.3 is 0 Å². The number of hydrogen-bond acceptors (Lipinski definition) is 3. The van der Waals surface area contributed by atoms with Crippen molar-refractivity contribution in [1.29, 1.82) is 0 Å².